The smallest absolute Gasteiger partial charge is 0.330 e. The van der Waals surface area contributed by atoms with Gasteiger partial charge in [-0.25, -0.2) is 9.18 Å². The highest BCUT2D eigenvalue weighted by atomic mass is 19.1. The van der Waals surface area contributed by atoms with Crippen LogP contribution in [0.15, 0.2) is 36.4 Å². The van der Waals surface area contributed by atoms with Crippen LogP contribution in [0, 0.1) is 19.7 Å². The van der Waals surface area contributed by atoms with Crippen molar-refractivity contribution in [3.8, 4) is 5.75 Å². The lowest BCUT2D eigenvalue weighted by atomic mass is 10.0. The summed E-state index contributed by atoms with van der Waals surface area (Å²) in [6.07, 6.45) is 0.118. The molecule has 138 valence electrons. The molecule has 0 aromatic heterocycles. The first-order valence-corrected chi connectivity index (χ1v) is 8.23. The number of benzene rings is 2. The minimum absolute atomic E-state index is 0.0291. The van der Waals surface area contributed by atoms with Crippen molar-refractivity contribution < 1.29 is 23.8 Å². The second kappa shape index (κ2) is 8.47. The van der Waals surface area contributed by atoms with E-state index in [2.05, 4.69) is 5.32 Å². The molecule has 0 saturated heterocycles. The Morgan fingerprint density at radius 3 is 2.42 bits per heavy atom. The van der Waals surface area contributed by atoms with Gasteiger partial charge in [0.25, 0.3) is 0 Å². The third-order valence-corrected chi connectivity index (χ3v) is 4.01. The number of nitrogens with one attached hydrogen (secondary N) is 1. The fourth-order valence-corrected chi connectivity index (χ4v) is 2.85. The molecule has 5 nitrogen and oxygen atoms in total. The summed E-state index contributed by atoms with van der Waals surface area (Å²) >= 11 is 0. The van der Waals surface area contributed by atoms with E-state index in [-0.39, 0.29) is 18.6 Å². The number of ether oxygens (including phenoxy) is 1. The van der Waals surface area contributed by atoms with Crippen molar-refractivity contribution in [2.24, 2.45) is 0 Å². The van der Waals surface area contributed by atoms with E-state index in [0.717, 1.165) is 11.1 Å². The molecule has 0 radical (unpaired) electrons. The lowest BCUT2D eigenvalue weighted by Gasteiger charge is -2.16. The maximum absolute atomic E-state index is 14.1. The molecule has 0 aliphatic rings. The van der Waals surface area contributed by atoms with Crippen molar-refractivity contribution >= 4 is 11.9 Å². The highest BCUT2D eigenvalue weighted by Gasteiger charge is 2.22. The second-order valence-corrected chi connectivity index (χ2v) is 6.19. The van der Waals surface area contributed by atoms with Gasteiger partial charge in [-0.2, -0.15) is 0 Å². The number of hydrogen-bond acceptors (Lipinski definition) is 3. The lowest BCUT2D eigenvalue weighted by molar-refractivity contribution is -0.142. The molecule has 6 heteroatoms. The van der Waals surface area contributed by atoms with Crippen LogP contribution in [0.4, 0.5) is 4.39 Å². The van der Waals surface area contributed by atoms with Gasteiger partial charge in [0, 0.05) is 6.42 Å². The van der Waals surface area contributed by atoms with Crippen molar-refractivity contribution in [2.75, 3.05) is 7.11 Å². The third-order valence-electron chi connectivity index (χ3n) is 4.01. The Bertz CT molecular complexity index is 799. The van der Waals surface area contributed by atoms with Crippen LogP contribution in [0.5, 0.6) is 5.75 Å². The molecule has 2 rings (SSSR count). The summed E-state index contributed by atoms with van der Waals surface area (Å²) in [5, 5.41) is 12.0. The number of hydrogen-bond donors (Lipinski definition) is 2. The zero-order valence-electron chi connectivity index (χ0n) is 15.0. The fourth-order valence-electron chi connectivity index (χ4n) is 2.85. The van der Waals surface area contributed by atoms with Crippen LogP contribution < -0.4 is 10.1 Å². The molecule has 0 aliphatic heterocycles. The minimum atomic E-state index is -1.14. The summed E-state index contributed by atoms with van der Waals surface area (Å²) in [5.74, 6) is -2.00. The van der Waals surface area contributed by atoms with E-state index < -0.39 is 23.7 Å². The van der Waals surface area contributed by atoms with Gasteiger partial charge in [0.05, 0.1) is 7.11 Å². The maximum Gasteiger partial charge on any atom is 0.330 e. The molecule has 1 amide bonds. The van der Waals surface area contributed by atoms with Gasteiger partial charge in [-0.3, -0.25) is 4.79 Å². The van der Waals surface area contributed by atoms with Crippen LogP contribution >= 0.6 is 0 Å². The normalized spacial score (nSPS) is 11.7. The summed E-state index contributed by atoms with van der Waals surface area (Å²) in [4.78, 5) is 23.8. The molecule has 2 N–H and O–H groups in total. The number of aryl methyl sites for hydroxylation is 3. The Labute approximate surface area is 151 Å². The standard InChI is InChI=1S/C20H22FNO4/c1-12-9-13(2)11-15(10-12)19(20(24)25)22-17(23)8-7-14-5-4-6-16(26-3)18(14)21/h4-6,9-11,19H,7-8H2,1-3H3,(H,22,23)(H,24,25). The molecule has 26 heavy (non-hydrogen) atoms. The summed E-state index contributed by atoms with van der Waals surface area (Å²) in [5.41, 5.74) is 2.69. The van der Waals surface area contributed by atoms with Crippen molar-refractivity contribution in [3.63, 3.8) is 0 Å². The largest absolute Gasteiger partial charge is 0.494 e. The van der Waals surface area contributed by atoms with Crippen molar-refractivity contribution in [1.29, 1.82) is 0 Å². The summed E-state index contributed by atoms with van der Waals surface area (Å²) in [6, 6.07) is 8.96. The molecule has 0 heterocycles. The van der Waals surface area contributed by atoms with E-state index in [4.69, 9.17) is 4.74 Å². The van der Waals surface area contributed by atoms with E-state index in [0.29, 0.717) is 11.1 Å². The van der Waals surface area contributed by atoms with E-state index in [1.807, 2.05) is 19.9 Å². The number of rotatable bonds is 7. The SMILES string of the molecule is COc1cccc(CCC(=O)NC(C(=O)O)c2cc(C)cc(C)c2)c1F. The number of carbonyl (C=O) groups is 2. The van der Waals surface area contributed by atoms with Crippen LogP contribution in [0.2, 0.25) is 0 Å². The van der Waals surface area contributed by atoms with E-state index in [1.165, 1.54) is 13.2 Å². The number of halogens is 1. The summed E-state index contributed by atoms with van der Waals surface area (Å²) in [6.45, 7) is 3.73. The van der Waals surface area contributed by atoms with E-state index in [1.54, 1.807) is 24.3 Å². The summed E-state index contributed by atoms with van der Waals surface area (Å²) in [7, 11) is 1.37. The number of methoxy groups -OCH3 is 1. The first-order chi connectivity index (χ1) is 12.3. The molecule has 0 fully saturated rings. The Hall–Kier alpha value is -2.89. The monoisotopic (exact) mass is 359 g/mol. The van der Waals surface area contributed by atoms with Crippen LogP contribution in [-0.4, -0.2) is 24.1 Å². The molecule has 0 saturated carbocycles. The zero-order valence-corrected chi connectivity index (χ0v) is 15.0. The molecule has 2 aromatic rings. The average molecular weight is 359 g/mol. The van der Waals surface area contributed by atoms with Gasteiger partial charge in [-0.05, 0) is 37.5 Å². The predicted octanol–water partition coefficient (Wildman–Crippen LogP) is 3.33. The van der Waals surface area contributed by atoms with Crippen LogP contribution in [0.1, 0.15) is 34.7 Å². The Morgan fingerprint density at radius 2 is 1.85 bits per heavy atom. The van der Waals surface area contributed by atoms with Gasteiger partial charge in [0.2, 0.25) is 5.91 Å². The van der Waals surface area contributed by atoms with E-state index in [9.17, 15) is 19.1 Å². The molecular formula is C20H22FNO4. The zero-order chi connectivity index (χ0) is 19.3. The lowest BCUT2D eigenvalue weighted by Crippen LogP contribution is -2.34. The quantitative estimate of drug-likeness (QED) is 0.795. The average Bonchev–Trinajstić information content (AvgIpc) is 2.57. The first-order valence-electron chi connectivity index (χ1n) is 8.23. The Kier molecular flexibility index (Phi) is 6.33. The van der Waals surface area contributed by atoms with Crippen molar-refractivity contribution in [2.45, 2.75) is 32.7 Å². The number of carboxylic acids is 1. The van der Waals surface area contributed by atoms with Crippen molar-refractivity contribution in [3.05, 3.63) is 64.5 Å². The molecule has 1 unspecified atom stereocenters. The number of aliphatic carboxylic acids is 1. The number of amides is 1. The predicted molar refractivity (Wildman–Crippen MR) is 95.7 cm³/mol. The van der Waals surface area contributed by atoms with Gasteiger partial charge in [-0.15, -0.1) is 0 Å². The number of carbonyl (C=O) groups excluding carboxylic acids is 1. The van der Waals surface area contributed by atoms with Crippen LogP contribution in [-0.2, 0) is 16.0 Å². The molecule has 0 aliphatic carbocycles. The van der Waals surface area contributed by atoms with Gasteiger partial charge in [-0.1, -0.05) is 41.5 Å². The van der Waals surface area contributed by atoms with Gasteiger partial charge < -0.3 is 15.2 Å². The topological polar surface area (TPSA) is 75.6 Å². The Morgan fingerprint density at radius 1 is 1.19 bits per heavy atom. The van der Waals surface area contributed by atoms with Gasteiger partial charge >= 0.3 is 5.97 Å². The summed E-state index contributed by atoms with van der Waals surface area (Å²) < 4.78 is 19.0. The first kappa shape index (κ1) is 19.4. The fraction of sp³-hybridized carbons (Fsp3) is 0.300. The van der Waals surface area contributed by atoms with Crippen molar-refractivity contribution in [1.82, 2.24) is 5.32 Å². The minimum Gasteiger partial charge on any atom is -0.494 e. The van der Waals surface area contributed by atoms with E-state index >= 15 is 0 Å². The second-order valence-electron chi connectivity index (χ2n) is 6.19. The molecule has 0 bridgehead atoms. The van der Waals surface area contributed by atoms with Gasteiger partial charge in [0.1, 0.15) is 0 Å². The van der Waals surface area contributed by atoms with Crippen LogP contribution in [0.3, 0.4) is 0 Å². The highest BCUT2D eigenvalue weighted by Crippen LogP contribution is 2.21. The molecule has 1 atom stereocenters. The maximum atomic E-state index is 14.1. The molecular weight excluding hydrogens is 337 g/mol. The highest BCUT2D eigenvalue weighted by molar-refractivity contribution is 5.84. The third kappa shape index (κ3) is 4.81. The van der Waals surface area contributed by atoms with Gasteiger partial charge in [0.15, 0.2) is 17.6 Å². The van der Waals surface area contributed by atoms with Crippen LogP contribution in [0.25, 0.3) is 0 Å². The molecule has 0 spiro atoms. The Balaban J connectivity index is 2.08. The number of carboxylic acid groups (broad SMARTS) is 1. The molecule has 2 aromatic carbocycles.